The zero-order valence-electron chi connectivity index (χ0n) is 12.9. The van der Waals surface area contributed by atoms with E-state index in [1.165, 1.54) is 11.1 Å². The fraction of sp³-hybridized carbons (Fsp3) is 0.0500. The molecule has 0 fully saturated rings. The van der Waals surface area contributed by atoms with Gasteiger partial charge < -0.3 is 9.55 Å². The molecule has 0 saturated heterocycles. The quantitative estimate of drug-likeness (QED) is 0.549. The summed E-state index contributed by atoms with van der Waals surface area (Å²) in [6, 6.07) is 18.4. The number of nitrogens with zero attached hydrogens (tertiary/aromatic N) is 2. The standard InChI is InChI=1S/C20H16ClN3/c21-17-8-6-15(7-9-17)18-12-23-13-19(18)20(24-11-10-22-14-24)16-4-2-1-3-5-16/h1-14,20,23H/t20-/m1/s1. The Hall–Kier alpha value is -2.78. The van der Waals surface area contributed by atoms with E-state index >= 15 is 0 Å². The van der Waals surface area contributed by atoms with Gasteiger partial charge in [-0.25, -0.2) is 4.98 Å². The van der Waals surface area contributed by atoms with E-state index in [1.807, 2.05) is 55.2 Å². The maximum absolute atomic E-state index is 6.03. The van der Waals surface area contributed by atoms with Crippen LogP contribution in [0.25, 0.3) is 11.1 Å². The van der Waals surface area contributed by atoms with Crippen LogP contribution in [0.15, 0.2) is 85.7 Å². The van der Waals surface area contributed by atoms with Gasteiger partial charge in [0.15, 0.2) is 0 Å². The summed E-state index contributed by atoms with van der Waals surface area (Å²) in [5.41, 5.74) is 4.71. The molecular weight excluding hydrogens is 318 g/mol. The molecule has 2 aromatic heterocycles. The predicted octanol–water partition coefficient (Wildman–Crippen LogP) is 5.17. The normalized spacial score (nSPS) is 12.2. The number of aromatic amines is 1. The topological polar surface area (TPSA) is 33.6 Å². The third kappa shape index (κ3) is 2.74. The monoisotopic (exact) mass is 333 g/mol. The summed E-state index contributed by atoms with van der Waals surface area (Å²) in [6.07, 6.45) is 9.75. The number of nitrogens with one attached hydrogen (secondary N) is 1. The van der Waals surface area contributed by atoms with Crippen LogP contribution in [0.4, 0.5) is 0 Å². The zero-order chi connectivity index (χ0) is 16.4. The summed E-state index contributed by atoms with van der Waals surface area (Å²) in [5.74, 6) is 0. The lowest BCUT2D eigenvalue weighted by molar-refractivity contribution is 0.679. The number of hydrogen-bond donors (Lipinski definition) is 1. The Morgan fingerprint density at radius 1 is 0.958 bits per heavy atom. The number of benzene rings is 2. The molecule has 0 saturated carbocycles. The van der Waals surface area contributed by atoms with Crippen molar-refractivity contribution in [1.29, 1.82) is 0 Å². The summed E-state index contributed by atoms with van der Waals surface area (Å²) >= 11 is 6.03. The minimum Gasteiger partial charge on any atom is -0.367 e. The van der Waals surface area contributed by atoms with Crippen LogP contribution in [-0.4, -0.2) is 14.5 Å². The second kappa shape index (κ2) is 6.38. The van der Waals surface area contributed by atoms with Crippen LogP contribution in [0.2, 0.25) is 5.02 Å². The molecule has 0 unspecified atom stereocenters. The van der Waals surface area contributed by atoms with E-state index in [0.29, 0.717) is 0 Å². The van der Waals surface area contributed by atoms with E-state index in [1.54, 1.807) is 0 Å². The highest BCUT2D eigenvalue weighted by Crippen LogP contribution is 2.34. The molecule has 4 aromatic rings. The molecule has 118 valence electrons. The molecule has 0 aliphatic heterocycles. The summed E-state index contributed by atoms with van der Waals surface area (Å²) in [4.78, 5) is 7.48. The number of halogens is 1. The van der Waals surface area contributed by atoms with Crippen LogP contribution < -0.4 is 0 Å². The first kappa shape index (κ1) is 14.8. The van der Waals surface area contributed by atoms with E-state index in [-0.39, 0.29) is 6.04 Å². The van der Waals surface area contributed by atoms with Gasteiger partial charge in [0.2, 0.25) is 0 Å². The molecule has 0 amide bonds. The second-order valence-corrected chi connectivity index (χ2v) is 6.09. The molecule has 4 heteroatoms. The third-order valence-electron chi connectivity index (χ3n) is 4.17. The van der Waals surface area contributed by atoms with Gasteiger partial charge in [0, 0.05) is 40.9 Å². The smallest absolute Gasteiger partial charge is 0.0954 e. The molecule has 3 nitrogen and oxygen atoms in total. The van der Waals surface area contributed by atoms with Gasteiger partial charge in [0.05, 0.1) is 12.4 Å². The zero-order valence-corrected chi connectivity index (χ0v) is 13.7. The van der Waals surface area contributed by atoms with E-state index in [0.717, 1.165) is 16.1 Å². The molecule has 4 rings (SSSR count). The highest BCUT2D eigenvalue weighted by Gasteiger charge is 2.20. The Morgan fingerprint density at radius 3 is 2.46 bits per heavy atom. The summed E-state index contributed by atoms with van der Waals surface area (Å²) in [5, 5.41) is 0.741. The first-order valence-corrected chi connectivity index (χ1v) is 8.16. The van der Waals surface area contributed by atoms with Crippen molar-refractivity contribution in [2.45, 2.75) is 6.04 Å². The average Bonchev–Trinajstić information content (AvgIpc) is 3.30. The third-order valence-corrected chi connectivity index (χ3v) is 4.42. The fourth-order valence-corrected chi connectivity index (χ4v) is 3.18. The summed E-state index contributed by atoms with van der Waals surface area (Å²) in [6.45, 7) is 0. The lowest BCUT2D eigenvalue weighted by atomic mass is 9.94. The van der Waals surface area contributed by atoms with Gasteiger partial charge in [-0.05, 0) is 23.3 Å². The van der Waals surface area contributed by atoms with Crippen molar-refractivity contribution < 1.29 is 0 Å². The van der Waals surface area contributed by atoms with E-state index in [2.05, 4.69) is 45.0 Å². The maximum atomic E-state index is 6.03. The van der Waals surface area contributed by atoms with E-state index < -0.39 is 0 Å². The Bertz CT molecular complexity index is 909. The average molecular weight is 334 g/mol. The Labute approximate surface area is 145 Å². The lowest BCUT2D eigenvalue weighted by Gasteiger charge is -2.20. The Kier molecular flexibility index (Phi) is 3.93. The molecular formula is C20H16ClN3. The van der Waals surface area contributed by atoms with Crippen molar-refractivity contribution in [3.05, 3.63) is 102 Å². The molecule has 24 heavy (non-hydrogen) atoms. The van der Waals surface area contributed by atoms with Gasteiger partial charge in [-0.2, -0.15) is 0 Å². The van der Waals surface area contributed by atoms with Gasteiger partial charge in [-0.1, -0.05) is 54.1 Å². The second-order valence-electron chi connectivity index (χ2n) is 5.65. The van der Waals surface area contributed by atoms with Gasteiger partial charge in [0.25, 0.3) is 0 Å². The molecule has 1 atom stereocenters. The van der Waals surface area contributed by atoms with Crippen molar-refractivity contribution in [1.82, 2.24) is 14.5 Å². The van der Waals surface area contributed by atoms with Crippen LogP contribution in [0.5, 0.6) is 0 Å². The molecule has 1 N–H and O–H groups in total. The molecule has 0 aliphatic carbocycles. The first-order valence-electron chi connectivity index (χ1n) is 7.78. The first-order chi connectivity index (χ1) is 11.8. The minimum atomic E-state index is 0.0608. The van der Waals surface area contributed by atoms with Crippen LogP contribution in [0.3, 0.4) is 0 Å². The minimum absolute atomic E-state index is 0.0608. The van der Waals surface area contributed by atoms with Gasteiger partial charge in [-0.15, -0.1) is 0 Å². The fourth-order valence-electron chi connectivity index (χ4n) is 3.05. The van der Waals surface area contributed by atoms with E-state index in [9.17, 15) is 0 Å². The van der Waals surface area contributed by atoms with Crippen molar-refractivity contribution in [2.24, 2.45) is 0 Å². The number of hydrogen-bond acceptors (Lipinski definition) is 1. The van der Waals surface area contributed by atoms with Crippen molar-refractivity contribution in [3.63, 3.8) is 0 Å². The van der Waals surface area contributed by atoms with Gasteiger partial charge >= 0.3 is 0 Å². The van der Waals surface area contributed by atoms with Crippen molar-refractivity contribution in [3.8, 4) is 11.1 Å². The largest absolute Gasteiger partial charge is 0.367 e. The Morgan fingerprint density at radius 2 is 1.75 bits per heavy atom. The molecule has 0 aliphatic rings. The van der Waals surface area contributed by atoms with Crippen molar-refractivity contribution in [2.75, 3.05) is 0 Å². The SMILES string of the molecule is Clc1ccc(-c2c[nH]cc2[C@@H](c2ccccc2)n2ccnc2)cc1. The number of imidazole rings is 1. The van der Waals surface area contributed by atoms with E-state index in [4.69, 9.17) is 11.6 Å². The molecule has 2 heterocycles. The summed E-state index contributed by atoms with van der Waals surface area (Å²) in [7, 11) is 0. The lowest BCUT2D eigenvalue weighted by Crippen LogP contribution is -2.10. The summed E-state index contributed by atoms with van der Waals surface area (Å²) < 4.78 is 2.12. The van der Waals surface area contributed by atoms with Gasteiger partial charge in [-0.3, -0.25) is 0 Å². The maximum Gasteiger partial charge on any atom is 0.0954 e. The highest BCUT2D eigenvalue weighted by atomic mass is 35.5. The van der Waals surface area contributed by atoms with Crippen LogP contribution in [0, 0.1) is 0 Å². The number of H-pyrrole nitrogens is 1. The van der Waals surface area contributed by atoms with Gasteiger partial charge in [0.1, 0.15) is 0 Å². The molecule has 2 aromatic carbocycles. The molecule has 0 spiro atoms. The van der Waals surface area contributed by atoms with Crippen molar-refractivity contribution >= 4 is 11.6 Å². The Balaban J connectivity index is 1.86. The van der Waals surface area contributed by atoms with Crippen LogP contribution in [-0.2, 0) is 0 Å². The molecule has 0 radical (unpaired) electrons. The highest BCUT2D eigenvalue weighted by molar-refractivity contribution is 6.30. The van der Waals surface area contributed by atoms with Crippen LogP contribution in [0.1, 0.15) is 17.2 Å². The molecule has 0 bridgehead atoms. The predicted molar refractivity (Wildman–Crippen MR) is 97.1 cm³/mol. The van der Waals surface area contributed by atoms with Crippen LogP contribution >= 0.6 is 11.6 Å². The number of rotatable bonds is 4. The number of aromatic nitrogens is 3.